The lowest BCUT2D eigenvalue weighted by Gasteiger charge is -2.11. The van der Waals surface area contributed by atoms with Crippen LogP contribution >= 0.6 is 11.8 Å². The summed E-state index contributed by atoms with van der Waals surface area (Å²) >= 11 is 1.23. The highest BCUT2D eigenvalue weighted by Gasteiger charge is 2.15. The molecule has 0 amide bonds. The van der Waals surface area contributed by atoms with Gasteiger partial charge in [-0.05, 0) is 48.9 Å². The fraction of sp³-hybridized carbons (Fsp3) is 0.385. The number of nitrogens with one attached hydrogen (secondary N) is 1. The average molecular weight is 297 g/mol. The van der Waals surface area contributed by atoms with E-state index >= 15 is 0 Å². The monoisotopic (exact) mass is 297 g/mol. The van der Waals surface area contributed by atoms with Crippen LogP contribution in [-0.2, 0) is 6.54 Å². The number of rotatable bonds is 5. The standard InChI is InChI=1S/C13H16FN3O2S/c1-3-6-17-12(19)15-16-13(17)20-11-5-4-9(14)7-10(11)8(2)18/h4-5,7-8,18H,3,6H2,1-2H3,(H,15,19). The molecule has 0 saturated carbocycles. The number of hydrogen-bond acceptors (Lipinski definition) is 4. The van der Waals surface area contributed by atoms with E-state index in [0.29, 0.717) is 22.2 Å². The van der Waals surface area contributed by atoms with Crippen molar-refractivity contribution in [3.8, 4) is 0 Å². The van der Waals surface area contributed by atoms with Gasteiger partial charge in [-0.1, -0.05) is 6.92 Å². The largest absolute Gasteiger partial charge is 0.389 e. The van der Waals surface area contributed by atoms with E-state index in [0.717, 1.165) is 6.42 Å². The summed E-state index contributed by atoms with van der Waals surface area (Å²) in [5.74, 6) is -0.404. The normalized spacial score (nSPS) is 12.6. The van der Waals surface area contributed by atoms with Gasteiger partial charge in [-0.15, -0.1) is 5.10 Å². The summed E-state index contributed by atoms with van der Waals surface area (Å²) in [6, 6.07) is 4.20. The molecule has 1 atom stereocenters. The molecular formula is C13H16FN3O2S. The minimum absolute atomic E-state index is 0.268. The molecule has 20 heavy (non-hydrogen) atoms. The molecule has 0 bridgehead atoms. The molecular weight excluding hydrogens is 281 g/mol. The molecule has 0 spiro atoms. The first kappa shape index (κ1) is 14.8. The Hall–Kier alpha value is -1.60. The molecule has 2 rings (SSSR count). The summed E-state index contributed by atoms with van der Waals surface area (Å²) in [5, 5.41) is 16.6. The van der Waals surface area contributed by atoms with Gasteiger partial charge in [0.1, 0.15) is 5.82 Å². The second kappa shape index (κ2) is 6.23. The molecule has 7 heteroatoms. The number of nitrogens with zero attached hydrogens (tertiary/aromatic N) is 2. The molecule has 1 aromatic carbocycles. The Morgan fingerprint density at radius 1 is 1.55 bits per heavy atom. The molecule has 0 aliphatic carbocycles. The van der Waals surface area contributed by atoms with Gasteiger partial charge in [-0.3, -0.25) is 4.57 Å². The van der Waals surface area contributed by atoms with Crippen molar-refractivity contribution >= 4 is 11.8 Å². The lowest BCUT2D eigenvalue weighted by atomic mass is 10.1. The maximum Gasteiger partial charge on any atom is 0.343 e. The molecule has 1 aromatic heterocycles. The van der Waals surface area contributed by atoms with Gasteiger partial charge in [0.05, 0.1) is 6.10 Å². The molecule has 0 saturated heterocycles. The third kappa shape index (κ3) is 3.10. The predicted octanol–water partition coefficient (Wildman–Crippen LogP) is 2.32. The van der Waals surface area contributed by atoms with E-state index in [1.54, 1.807) is 13.0 Å². The van der Waals surface area contributed by atoms with Gasteiger partial charge in [0, 0.05) is 11.4 Å². The number of benzene rings is 1. The molecule has 0 aliphatic rings. The topological polar surface area (TPSA) is 70.9 Å². The van der Waals surface area contributed by atoms with Gasteiger partial charge < -0.3 is 5.11 Å². The van der Waals surface area contributed by atoms with Crippen LogP contribution in [0.25, 0.3) is 0 Å². The second-order valence-corrected chi connectivity index (χ2v) is 5.43. The van der Waals surface area contributed by atoms with Gasteiger partial charge in [0.25, 0.3) is 0 Å². The van der Waals surface area contributed by atoms with E-state index < -0.39 is 11.9 Å². The number of aromatic nitrogens is 3. The number of aliphatic hydroxyl groups is 1. The third-order valence-corrected chi connectivity index (χ3v) is 3.88. The first-order chi connectivity index (χ1) is 9.52. The highest BCUT2D eigenvalue weighted by molar-refractivity contribution is 7.99. The molecule has 108 valence electrons. The smallest absolute Gasteiger partial charge is 0.343 e. The van der Waals surface area contributed by atoms with Crippen molar-refractivity contribution in [2.75, 3.05) is 0 Å². The molecule has 2 N–H and O–H groups in total. The zero-order valence-corrected chi connectivity index (χ0v) is 12.1. The van der Waals surface area contributed by atoms with Crippen LogP contribution in [0, 0.1) is 5.82 Å². The van der Waals surface area contributed by atoms with Crippen molar-refractivity contribution in [1.29, 1.82) is 0 Å². The Morgan fingerprint density at radius 3 is 2.95 bits per heavy atom. The fourth-order valence-corrected chi connectivity index (χ4v) is 2.89. The second-order valence-electron chi connectivity index (χ2n) is 4.42. The fourth-order valence-electron chi connectivity index (χ4n) is 1.84. The molecule has 0 aliphatic heterocycles. The van der Waals surface area contributed by atoms with Gasteiger partial charge in [-0.2, -0.15) is 0 Å². The quantitative estimate of drug-likeness (QED) is 0.888. The number of aliphatic hydroxyl groups excluding tert-OH is 1. The van der Waals surface area contributed by atoms with Crippen LogP contribution in [0.1, 0.15) is 31.9 Å². The maximum absolute atomic E-state index is 13.3. The van der Waals surface area contributed by atoms with Crippen LogP contribution in [0.3, 0.4) is 0 Å². The first-order valence-electron chi connectivity index (χ1n) is 6.33. The van der Waals surface area contributed by atoms with Crippen molar-refractivity contribution in [1.82, 2.24) is 14.8 Å². The van der Waals surface area contributed by atoms with Crippen LogP contribution in [-0.4, -0.2) is 19.9 Å². The summed E-state index contributed by atoms with van der Waals surface area (Å²) in [5.41, 5.74) is 0.212. The van der Waals surface area contributed by atoms with Crippen LogP contribution in [0.5, 0.6) is 0 Å². The van der Waals surface area contributed by atoms with Crippen molar-refractivity contribution in [3.63, 3.8) is 0 Å². The number of halogens is 1. The Bertz CT molecular complexity index is 651. The minimum atomic E-state index is -0.793. The predicted molar refractivity (Wildman–Crippen MR) is 74.3 cm³/mol. The molecule has 0 radical (unpaired) electrons. The summed E-state index contributed by atoms with van der Waals surface area (Å²) in [6.07, 6.45) is 0.0122. The van der Waals surface area contributed by atoms with Gasteiger partial charge >= 0.3 is 5.69 Å². The van der Waals surface area contributed by atoms with Crippen molar-refractivity contribution < 1.29 is 9.50 Å². The van der Waals surface area contributed by atoms with Crippen molar-refractivity contribution in [3.05, 3.63) is 40.1 Å². The highest BCUT2D eigenvalue weighted by atomic mass is 32.2. The lowest BCUT2D eigenvalue weighted by Crippen LogP contribution is -2.17. The lowest BCUT2D eigenvalue weighted by molar-refractivity contribution is 0.196. The van der Waals surface area contributed by atoms with E-state index in [4.69, 9.17) is 0 Å². The van der Waals surface area contributed by atoms with E-state index in [-0.39, 0.29) is 5.69 Å². The summed E-state index contributed by atoms with van der Waals surface area (Å²) in [7, 11) is 0. The Morgan fingerprint density at radius 2 is 2.30 bits per heavy atom. The van der Waals surface area contributed by atoms with Crippen molar-refractivity contribution in [2.45, 2.75) is 43.0 Å². The van der Waals surface area contributed by atoms with E-state index in [1.807, 2.05) is 6.92 Å². The average Bonchev–Trinajstić information content (AvgIpc) is 2.74. The molecule has 1 heterocycles. The van der Waals surface area contributed by atoms with Crippen LogP contribution in [0.4, 0.5) is 4.39 Å². The summed E-state index contributed by atoms with van der Waals surface area (Å²) in [4.78, 5) is 12.3. The van der Waals surface area contributed by atoms with E-state index in [2.05, 4.69) is 10.2 Å². The van der Waals surface area contributed by atoms with E-state index in [9.17, 15) is 14.3 Å². The molecule has 5 nitrogen and oxygen atoms in total. The molecule has 0 fully saturated rings. The van der Waals surface area contributed by atoms with Crippen molar-refractivity contribution in [2.24, 2.45) is 0 Å². The number of H-pyrrole nitrogens is 1. The van der Waals surface area contributed by atoms with E-state index in [1.165, 1.54) is 28.5 Å². The highest BCUT2D eigenvalue weighted by Crippen LogP contribution is 2.32. The minimum Gasteiger partial charge on any atom is -0.389 e. The van der Waals surface area contributed by atoms with Crippen LogP contribution in [0.15, 0.2) is 33.0 Å². The van der Waals surface area contributed by atoms with Crippen LogP contribution in [0.2, 0.25) is 0 Å². The zero-order valence-electron chi connectivity index (χ0n) is 11.3. The molecule has 2 aromatic rings. The van der Waals surface area contributed by atoms with Gasteiger partial charge in [0.15, 0.2) is 5.16 Å². The Balaban J connectivity index is 2.37. The number of aromatic amines is 1. The number of hydrogen-bond donors (Lipinski definition) is 2. The Kier molecular flexibility index (Phi) is 4.61. The Labute approximate surface area is 119 Å². The maximum atomic E-state index is 13.3. The molecule has 1 unspecified atom stereocenters. The third-order valence-electron chi connectivity index (χ3n) is 2.79. The first-order valence-corrected chi connectivity index (χ1v) is 7.15. The SMILES string of the molecule is CCCn1c(Sc2ccc(F)cc2C(C)O)n[nH]c1=O. The van der Waals surface area contributed by atoms with Gasteiger partial charge in [-0.25, -0.2) is 14.3 Å². The zero-order chi connectivity index (χ0) is 14.7. The summed E-state index contributed by atoms with van der Waals surface area (Å²) in [6.45, 7) is 4.10. The summed E-state index contributed by atoms with van der Waals surface area (Å²) < 4.78 is 14.8. The van der Waals surface area contributed by atoms with Gasteiger partial charge in [0.2, 0.25) is 0 Å². The van der Waals surface area contributed by atoms with Crippen LogP contribution < -0.4 is 5.69 Å².